The lowest BCUT2D eigenvalue weighted by Gasteiger charge is -2.12. The first-order valence-electron chi connectivity index (χ1n) is 7.46. The number of halogens is 1. The zero-order valence-corrected chi connectivity index (χ0v) is 15.7. The predicted molar refractivity (Wildman–Crippen MR) is 98.2 cm³/mol. The van der Waals surface area contributed by atoms with Crippen molar-refractivity contribution >= 4 is 35.0 Å². The molecule has 0 bridgehead atoms. The molecule has 0 aliphatic rings. The molecule has 0 saturated heterocycles. The molecule has 7 heteroatoms. The molecule has 0 atom stereocenters. The van der Waals surface area contributed by atoms with Crippen molar-refractivity contribution in [1.82, 2.24) is 9.97 Å². The average Bonchev–Trinajstić information content (AvgIpc) is 2.54. The van der Waals surface area contributed by atoms with E-state index < -0.39 is 0 Å². The number of benzene rings is 1. The summed E-state index contributed by atoms with van der Waals surface area (Å²) in [7, 11) is 1.55. The Hall–Kier alpha value is -1.79. The Morgan fingerprint density at radius 1 is 1.29 bits per heavy atom. The second-order valence-electron chi connectivity index (χ2n) is 5.25. The van der Waals surface area contributed by atoms with Gasteiger partial charge in [-0.15, -0.1) is 0 Å². The van der Waals surface area contributed by atoms with Gasteiger partial charge in [-0.05, 0) is 50.3 Å². The summed E-state index contributed by atoms with van der Waals surface area (Å²) < 4.78 is 5.23. The molecule has 1 N–H and O–H groups in total. The van der Waals surface area contributed by atoms with Gasteiger partial charge in [-0.3, -0.25) is 4.79 Å². The highest BCUT2D eigenvalue weighted by Gasteiger charge is 2.12. The molecule has 0 aliphatic heterocycles. The van der Waals surface area contributed by atoms with Crippen LogP contribution in [0.4, 0.5) is 5.69 Å². The van der Waals surface area contributed by atoms with Crippen molar-refractivity contribution in [2.24, 2.45) is 0 Å². The summed E-state index contributed by atoms with van der Waals surface area (Å²) >= 11 is 7.48. The minimum absolute atomic E-state index is 0.108. The van der Waals surface area contributed by atoms with Gasteiger partial charge in [0.1, 0.15) is 5.75 Å². The number of aryl methyl sites for hydroxylation is 2. The number of hydrogen-bond donors (Lipinski definition) is 1. The Labute approximate surface area is 151 Å². The van der Waals surface area contributed by atoms with Crippen molar-refractivity contribution in [2.75, 3.05) is 18.7 Å². The monoisotopic (exact) mass is 365 g/mol. The van der Waals surface area contributed by atoms with Gasteiger partial charge in [0, 0.05) is 22.8 Å². The number of thioether (sulfide) groups is 1. The van der Waals surface area contributed by atoms with Crippen molar-refractivity contribution in [3.05, 3.63) is 40.2 Å². The van der Waals surface area contributed by atoms with Crippen LogP contribution in [0.5, 0.6) is 5.75 Å². The molecule has 1 aromatic carbocycles. The number of anilines is 1. The van der Waals surface area contributed by atoms with Gasteiger partial charge in [-0.1, -0.05) is 23.4 Å². The Morgan fingerprint density at radius 3 is 2.54 bits per heavy atom. The van der Waals surface area contributed by atoms with Gasteiger partial charge in [-0.25, -0.2) is 9.97 Å². The molecular formula is C17H20ClN3O2S. The predicted octanol–water partition coefficient (Wildman–Crippen LogP) is 4.05. The third-order valence-corrected chi connectivity index (χ3v) is 4.40. The molecule has 0 radical (unpaired) electrons. The van der Waals surface area contributed by atoms with Gasteiger partial charge in [0.05, 0.1) is 12.8 Å². The number of rotatable bonds is 6. The fourth-order valence-corrected chi connectivity index (χ4v) is 3.02. The van der Waals surface area contributed by atoms with E-state index in [2.05, 4.69) is 15.3 Å². The third kappa shape index (κ3) is 4.61. The second-order valence-corrected chi connectivity index (χ2v) is 6.46. The number of carbonyl (C=O) groups is 1. The summed E-state index contributed by atoms with van der Waals surface area (Å²) in [5.74, 6) is 0.469. The van der Waals surface area contributed by atoms with Crippen LogP contribution < -0.4 is 10.1 Å². The Balaban J connectivity index is 2.05. The van der Waals surface area contributed by atoms with Crippen molar-refractivity contribution in [2.45, 2.75) is 31.8 Å². The summed E-state index contributed by atoms with van der Waals surface area (Å²) in [5, 5.41) is 4.13. The molecule has 1 aromatic heterocycles. The van der Waals surface area contributed by atoms with Gasteiger partial charge in [0.25, 0.3) is 0 Å². The SMILES string of the molecule is COc1ccc(Cl)cc1NC(=O)CCc1c(C)nc(SC)nc1C. The van der Waals surface area contributed by atoms with Gasteiger partial charge in [0.15, 0.2) is 5.16 Å². The van der Waals surface area contributed by atoms with Crippen LogP contribution in [-0.2, 0) is 11.2 Å². The lowest BCUT2D eigenvalue weighted by Crippen LogP contribution is -2.14. The number of carbonyl (C=O) groups excluding carboxylic acids is 1. The molecule has 0 spiro atoms. The highest BCUT2D eigenvalue weighted by atomic mass is 35.5. The lowest BCUT2D eigenvalue weighted by molar-refractivity contribution is -0.116. The summed E-state index contributed by atoms with van der Waals surface area (Å²) in [6.45, 7) is 3.89. The number of nitrogens with zero attached hydrogens (tertiary/aromatic N) is 2. The number of hydrogen-bond acceptors (Lipinski definition) is 5. The molecule has 24 heavy (non-hydrogen) atoms. The minimum atomic E-state index is -0.108. The van der Waals surface area contributed by atoms with E-state index in [-0.39, 0.29) is 5.91 Å². The Bertz CT molecular complexity index is 730. The maximum atomic E-state index is 12.3. The zero-order chi connectivity index (χ0) is 17.7. The number of amides is 1. The summed E-state index contributed by atoms with van der Waals surface area (Å²) in [4.78, 5) is 21.1. The van der Waals surface area contributed by atoms with E-state index in [4.69, 9.17) is 16.3 Å². The molecule has 128 valence electrons. The maximum Gasteiger partial charge on any atom is 0.224 e. The fraction of sp³-hybridized carbons (Fsp3) is 0.353. The van der Waals surface area contributed by atoms with Crippen LogP contribution in [0.3, 0.4) is 0 Å². The van der Waals surface area contributed by atoms with Crippen LogP contribution in [0, 0.1) is 13.8 Å². The fourth-order valence-electron chi connectivity index (χ4n) is 2.39. The van der Waals surface area contributed by atoms with Crippen LogP contribution in [0.2, 0.25) is 5.02 Å². The van der Waals surface area contributed by atoms with Crippen LogP contribution in [0.1, 0.15) is 23.4 Å². The topological polar surface area (TPSA) is 64.1 Å². The summed E-state index contributed by atoms with van der Waals surface area (Å²) in [6.07, 6.45) is 2.86. The Kier molecular flexibility index (Phi) is 6.45. The van der Waals surface area contributed by atoms with Crippen molar-refractivity contribution in [3.8, 4) is 5.75 Å². The van der Waals surface area contributed by atoms with Crippen molar-refractivity contribution < 1.29 is 9.53 Å². The summed E-state index contributed by atoms with van der Waals surface area (Å²) in [5.41, 5.74) is 3.42. The van der Waals surface area contributed by atoms with E-state index >= 15 is 0 Å². The van der Waals surface area contributed by atoms with Gasteiger partial charge in [0.2, 0.25) is 5.91 Å². The molecule has 1 amide bonds. The quantitative estimate of drug-likeness (QED) is 0.618. The second kappa shape index (κ2) is 8.35. The van der Waals surface area contributed by atoms with Crippen LogP contribution in [0.15, 0.2) is 23.4 Å². The van der Waals surface area contributed by atoms with Gasteiger partial charge in [-0.2, -0.15) is 0 Å². The van der Waals surface area contributed by atoms with E-state index in [9.17, 15) is 4.79 Å². The van der Waals surface area contributed by atoms with Crippen LogP contribution >= 0.6 is 23.4 Å². The molecule has 0 aliphatic carbocycles. The highest BCUT2D eigenvalue weighted by Crippen LogP contribution is 2.28. The normalized spacial score (nSPS) is 10.5. The van der Waals surface area contributed by atoms with Crippen molar-refractivity contribution in [3.63, 3.8) is 0 Å². The largest absolute Gasteiger partial charge is 0.495 e. The van der Waals surface area contributed by atoms with E-state index in [0.29, 0.717) is 29.3 Å². The molecule has 1 heterocycles. The zero-order valence-electron chi connectivity index (χ0n) is 14.1. The molecule has 0 fully saturated rings. The maximum absolute atomic E-state index is 12.3. The molecule has 5 nitrogen and oxygen atoms in total. The van der Waals surface area contributed by atoms with Gasteiger partial charge >= 0.3 is 0 Å². The highest BCUT2D eigenvalue weighted by molar-refractivity contribution is 7.98. The van der Waals surface area contributed by atoms with E-state index in [1.54, 1.807) is 25.3 Å². The first-order chi connectivity index (χ1) is 11.4. The Morgan fingerprint density at radius 2 is 1.96 bits per heavy atom. The number of ether oxygens (including phenoxy) is 1. The first-order valence-corrected chi connectivity index (χ1v) is 9.06. The molecular weight excluding hydrogens is 346 g/mol. The molecule has 0 unspecified atom stereocenters. The number of aromatic nitrogens is 2. The minimum Gasteiger partial charge on any atom is -0.495 e. The number of nitrogens with one attached hydrogen (secondary N) is 1. The van der Waals surface area contributed by atoms with Crippen LogP contribution in [-0.4, -0.2) is 29.2 Å². The number of methoxy groups -OCH3 is 1. The van der Waals surface area contributed by atoms with E-state index in [1.807, 2.05) is 20.1 Å². The third-order valence-electron chi connectivity index (χ3n) is 3.62. The molecule has 0 saturated carbocycles. The standard InChI is InChI=1S/C17H20ClN3O2S/c1-10-13(11(2)20-17(19-10)24-4)6-8-16(22)21-14-9-12(18)5-7-15(14)23-3/h5,7,9H,6,8H2,1-4H3,(H,21,22). The van der Waals surface area contributed by atoms with E-state index in [0.717, 1.165) is 22.1 Å². The van der Waals surface area contributed by atoms with Gasteiger partial charge < -0.3 is 10.1 Å². The average molecular weight is 366 g/mol. The van der Waals surface area contributed by atoms with E-state index in [1.165, 1.54) is 11.8 Å². The van der Waals surface area contributed by atoms with Crippen molar-refractivity contribution in [1.29, 1.82) is 0 Å². The molecule has 2 rings (SSSR count). The summed E-state index contributed by atoms with van der Waals surface area (Å²) in [6, 6.07) is 5.11. The first kappa shape index (κ1) is 18.5. The molecule has 2 aromatic rings. The lowest BCUT2D eigenvalue weighted by atomic mass is 10.1. The smallest absolute Gasteiger partial charge is 0.224 e. The van der Waals surface area contributed by atoms with Crippen LogP contribution in [0.25, 0.3) is 0 Å².